The first-order valence-corrected chi connectivity index (χ1v) is 12.0. The topological polar surface area (TPSA) is 108 Å². The Bertz CT molecular complexity index is 1430. The number of nitrogens with zero attached hydrogens (tertiary/aromatic N) is 5. The van der Waals surface area contributed by atoms with E-state index < -0.39 is 11.7 Å². The Morgan fingerprint density at radius 2 is 1.89 bits per heavy atom. The van der Waals surface area contributed by atoms with Crippen molar-refractivity contribution < 1.29 is 23.8 Å². The Morgan fingerprint density at radius 1 is 1.08 bits per heavy atom. The lowest BCUT2D eigenvalue weighted by atomic mass is 10.1. The molecule has 1 amide bonds. The molecule has 0 fully saturated rings. The summed E-state index contributed by atoms with van der Waals surface area (Å²) in [5.74, 6) is 1.90. The second-order valence-corrected chi connectivity index (χ2v) is 9.67. The monoisotopic (exact) mass is 505 g/mol. The van der Waals surface area contributed by atoms with Crippen molar-refractivity contribution in [3.63, 3.8) is 0 Å². The summed E-state index contributed by atoms with van der Waals surface area (Å²) in [5.41, 5.74) is 1.35. The van der Waals surface area contributed by atoms with Crippen molar-refractivity contribution in [1.29, 1.82) is 0 Å². The van der Waals surface area contributed by atoms with Gasteiger partial charge in [-0.1, -0.05) is 0 Å². The third-order valence-corrected chi connectivity index (χ3v) is 5.66. The Balaban J connectivity index is 1.41. The molecule has 1 aromatic carbocycles. The van der Waals surface area contributed by atoms with Crippen LogP contribution in [-0.2, 0) is 11.3 Å². The van der Waals surface area contributed by atoms with Gasteiger partial charge in [0, 0.05) is 49.4 Å². The molecule has 0 saturated heterocycles. The lowest BCUT2D eigenvalue weighted by molar-refractivity contribution is 0.0295. The van der Waals surface area contributed by atoms with Crippen LogP contribution in [0.4, 0.5) is 4.79 Å². The highest BCUT2D eigenvalue weighted by atomic mass is 16.6. The van der Waals surface area contributed by atoms with Gasteiger partial charge in [0.15, 0.2) is 17.3 Å². The van der Waals surface area contributed by atoms with Gasteiger partial charge in [-0.15, -0.1) is 10.2 Å². The molecule has 0 radical (unpaired) electrons. The number of methoxy groups -OCH3 is 1. The van der Waals surface area contributed by atoms with Crippen molar-refractivity contribution in [2.75, 3.05) is 20.7 Å². The quantitative estimate of drug-likeness (QED) is 0.301. The summed E-state index contributed by atoms with van der Waals surface area (Å²) in [5, 5.41) is 9.27. The summed E-state index contributed by atoms with van der Waals surface area (Å²) in [6.07, 6.45) is 3.81. The fourth-order valence-electron chi connectivity index (χ4n) is 3.75. The highest BCUT2D eigenvalue weighted by Gasteiger charge is 2.20. The molecular formula is C27H31N5O5. The van der Waals surface area contributed by atoms with Crippen LogP contribution in [0.3, 0.4) is 0 Å². The normalized spacial score (nSPS) is 11.5. The molecule has 0 aliphatic carbocycles. The van der Waals surface area contributed by atoms with E-state index in [0.29, 0.717) is 47.9 Å². The Hall–Kier alpha value is -4.21. The average Bonchev–Trinajstić information content (AvgIpc) is 3.28. The van der Waals surface area contributed by atoms with E-state index in [2.05, 4.69) is 15.2 Å². The second kappa shape index (κ2) is 10.8. The number of amides is 1. The first kappa shape index (κ1) is 25.9. The van der Waals surface area contributed by atoms with Gasteiger partial charge >= 0.3 is 6.09 Å². The Kier molecular flexibility index (Phi) is 7.56. The van der Waals surface area contributed by atoms with Crippen LogP contribution in [0.25, 0.3) is 16.6 Å². The van der Waals surface area contributed by atoms with E-state index in [9.17, 15) is 9.59 Å². The standard InChI is InChI=1S/C27H31N5O5/c1-27(2,3)37-26(34)31(4)14-6-7-22(33)18-8-11-24-29-30-25(32(24)16-18)17-36-23-12-13-28-21-15-19(35-5)9-10-20(21)23/h8-13,15-16H,6-7,14,17H2,1-5H3. The molecule has 0 bridgehead atoms. The molecule has 0 aliphatic rings. The number of hydrogen-bond donors (Lipinski definition) is 0. The number of ether oxygens (including phenoxy) is 3. The number of carbonyl (C=O) groups is 2. The van der Waals surface area contributed by atoms with Crippen LogP contribution < -0.4 is 9.47 Å². The number of ketones is 1. The van der Waals surface area contributed by atoms with Crippen LogP contribution in [-0.4, -0.2) is 62.7 Å². The third-order valence-electron chi connectivity index (χ3n) is 5.66. The first-order chi connectivity index (χ1) is 17.6. The molecule has 10 nitrogen and oxygen atoms in total. The molecule has 0 spiro atoms. The van der Waals surface area contributed by atoms with Crippen LogP contribution >= 0.6 is 0 Å². The largest absolute Gasteiger partial charge is 0.497 e. The zero-order chi connectivity index (χ0) is 26.6. The fraction of sp³-hybridized carbons (Fsp3) is 0.370. The summed E-state index contributed by atoms with van der Waals surface area (Å²) in [6.45, 7) is 6.03. The fourth-order valence-corrected chi connectivity index (χ4v) is 3.75. The molecule has 3 aromatic heterocycles. The Morgan fingerprint density at radius 3 is 2.65 bits per heavy atom. The maximum absolute atomic E-state index is 12.8. The van der Waals surface area contributed by atoms with Gasteiger partial charge in [0.25, 0.3) is 0 Å². The van der Waals surface area contributed by atoms with Crippen molar-refractivity contribution in [3.8, 4) is 11.5 Å². The highest BCUT2D eigenvalue weighted by molar-refractivity contribution is 5.96. The van der Waals surface area contributed by atoms with Gasteiger partial charge in [-0.05, 0) is 57.5 Å². The van der Waals surface area contributed by atoms with E-state index >= 15 is 0 Å². The van der Waals surface area contributed by atoms with Gasteiger partial charge in [-0.25, -0.2) is 4.79 Å². The zero-order valence-electron chi connectivity index (χ0n) is 21.7. The van der Waals surface area contributed by atoms with Gasteiger partial charge in [0.05, 0.1) is 12.6 Å². The third kappa shape index (κ3) is 6.32. The number of rotatable bonds is 9. The summed E-state index contributed by atoms with van der Waals surface area (Å²) >= 11 is 0. The molecule has 0 aliphatic heterocycles. The summed E-state index contributed by atoms with van der Waals surface area (Å²) in [4.78, 5) is 30.8. The van der Waals surface area contributed by atoms with Gasteiger partial charge in [0.2, 0.25) is 0 Å². The van der Waals surface area contributed by atoms with E-state index in [1.54, 1.807) is 49.2 Å². The van der Waals surface area contributed by atoms with Gasteiger partial charge in [-0.2, -0.15) is 0 Å². The van der Waals surface area contributed by atoms with Crippen molar-refractivity contribution in [1.82, 2.24) is 24.5 Å². The number of pyridine rings is 2. The van der Waals surface area contributed by atoms with E-state index in [1.165, 1.54) is 4.90 Å². The minimum atomic E-state index is -0.561. The van der Waals surface area contributed by atoms with E-state index in [-0.39, 0.29) is 12.4 Å². The van der Waals surface area contributed by atoms with E-state index in [0.717, 1.165) is 10.9 Å². The SMILES string of the molecule is COc1ccc2c(OCc3nnc4ccc(C(=O)CCCN(C)C(=O)OC(C)(C)C)cn34)ccnc2c1. The second-order valence-electron chi connectivity index (χ2n) is 9.67. The molecule has 37 heavy (non-hydrogen) atoms. The lowest BCUT2D eigenvalue weighted by Gasteiger charge is -2.24. The minimum absolute atomic E-state index is 0.0332. The van der Waals surface area contributed by atoms with E-state index in [1.807, 2.05) is 39.0 Å². The number of benzene rings is 1. The molecule has 4 aromatic rings. The van der Waals surface area contributed by atoms with Crippen LogP contribution in [0.5, 0.6) is 11.5 Å². The number of hydrogen-bond acceptors (Lipinski definition) is 8. The smallest absolute Gasteiger partial charge is 0.410 e. The number of aromatic nitrogens is 4. The highest BCUT2D eigenvalue weighted by Crippen LogP contribution is 2.27. The van der Waals surface area contributed by atoms with Crippen molar-refractivity contribution >= 4 is 28.4 Å². The molecule has 10 heteroatoms. The maximum Gasteiger partial charge on any atom is 0.410 e. The molecular weight excluding hydrogens is 474 g/mol. The predicted octanol–water partition coefficient (Wildman–Crippen LogP) is 4.69. The molecule has 0 saturated carbocycles. The van der Waals surface area contributed by atoms with Crippen LogP contribution in [0.2, 0.25) is 0 Å². The average molecular weight is 506 g/mol. The molecule has 0 atom stereocenters. The van der Waals surface area contributed by atoms with Crippen LogP contribution in [0.15, 0.2) is 48.8 Å². The maximum atomic E-state index is 12.8. The molecule has 0 N–H and O–H groups in total. The lowest BCUT2D eigenvalue weighted by Crippen LogP contribution is -2.34. The summed E-state index contributed by atoms with van der Waals surface area (Å²) < 4.78 is 18.4. The summed E-state index contributed by atoms with van der Waals surface area (Å²) in [6, 6.07) is 10.9. The van der Waals surface area contributed by atoms with Gasteiger partial charge in [0.1, 0.15) is 23.7 Å². The van der Waals surface area contributed by atoms with Crippen molar-refractivity contribution in [2.45, 2.75) is 45.8 Å². The zero-order valence-corrected chi connectivity index (χ0v) is 21.7. The molecule has 194 valence electrons. The minimum Gasteiger partial charge on any atom is -0.497 e. The van der Waals surface area contributed by atoms with Crippen molar-refractivity contribution in [2.24, 2.45) is 0 Å². The van der Waals surface area contributed by atoms with Gasteiger partial charge < -0.3 is 19.1 Å². The van der Waals surface area contributed by atoms with Gasteiger partial charge in [-0.3, -0.25) is 14.2 Å². The summed E-state index contributed by atoms with van der Waals surface area (Å²) in [7, 11) is 3.27. The van der Waals surface area contributed by atoms with Crippen LogP contribution in [0, 0.1) is 0 Å². The molecule has 4 rings (SSSR count). The Labute approximate surface area is 215 Å². The number of Topliss-reactive ketones (excluding diaryl/α,β-unsaturated/α-hetero) is 1. The number of fused-ring (bicyclic) bond motifs is 2. The van der Waals surface area contributed by atoms with E-state index in [4.69, 9.17) is 14.2 Å². The molecule has 3 heterocycles. The van der Waals surface area contributed by atoms with Crippen molar-refractivity contribution in [3.05, 3.63) is 60.2 Å². The number of carbonyl (C=O) groups excluding carboxylic acids is 2. The molecule has 0 unspecified atom stereocenters. The predicted molar refractivity (Wildman–Crippen MR) is 138 cm³/mol. The van der Waals surface area contributed by atoms with Crippen LogP contribution in [0.1, 0.15) is 49.8 Å². The first-order valence-electron chi connectivity index (χ1n) is 12.0.